The summed E-state index contributed by atoms with van der Waals surface area (Å²) in [6.07, 6.45) is 0.559. The van der Waals surface area contributed by atoms with Crippen molar-refractivity contribution < 1.29 is 14.3 Å². The fourth-order valence-corrected chi connectivity index (χ4v) is 2.07. The minimum Gasteiger partial charge on any atom is -0.386 e. The zero-order valence-corrected chi connectivity index (χ0v) is 12.0. The fraction of sp³-hybridized carbons (Fsp3) is 0.133. The molecule has 0 saturated carbocycles. The molecule has 8 heteroatoms. The highest BCUT2D eigenvalue weighted by Crippen LogP contribution is 2.15. The van der Waals surface area contributed by atoms with Gasteiger partial charge in [-0.2, -0.15) is 4.98 Å². The summed E-state index contributed by atoms with van der Waals surface area (Å²) in [6.45, 7) is -0.139. The number of urea groups is 1. The van der Waals surface area contributed by atoms with E-state index in [4.69, 9.17) is 0 Å². The van der Waals surface area contributed by atoms with Crippen LogP contribution in [0.3, 0.4) is 0 Å². The maximum atomic E-state index is 13.5. The molecule has 1 atom stereocenters. The largest absolute Gasteiger partial charge is 0.386 e. The van der Waals surface area contributed by atoms with Crippen molar-refractivity contribution in [1.29, 1.82) is 0 Å². The van der Waals surface area contributed by atoms with E-state index in [1.165, 1.54) is 22.7 Å². The smallest absolute Gasteiger partial charge is 0.321 e. The lowest BCUT2D eigenvalue weighted by atomic mass is 10.1. The van der Waals surface area contributed by atoms with E-state index in [9.17, 15) is 14.3 Å². The molecule has 3 rings (SSSR count). The molecule has 0 unspecified atom stereocenters. The van der Waals surface area contributed by atoms with Gasteiger partial charge in [-0.3, -0.25) is 5.32 Å². The Bertz CT molecular complexity index is 802. The number of anilines is 1. The molecule has 0 aliphatic rings. The van der Waals surface area contributed by atoms with Crippen LogP contribution < -0.4 is 10.6 Å². The normalized spacial score (nSPS) is 12.1. The van der Waals surface area contributed by atoms with Gasteiger partial charge in [-0.15, -0.1) is 5.10 Å². The average molecular weight is 315 g/mol. The van der Waals surface area contributed by atoms with Gasteiger partial charge in [-0.1, -0.05) is 24.3 Å². The lowest BCUT2D eigenvalue weighted by Crippen LogP contribution is -2.33. The van der Waals surface area contributed by atoms with Crippen molar-refractivity contribution in [3.63, 3.8) is 0 Å². The third-order valence-electron chi connectivity index (χ3n) is 3.19. The van der Waals surface area contributed by atoms with Crippen molar-refractivity contribution in [2.45, 2.75) is 6.10 Å². The number of amides is 2. The number of halogens is 1. The van der Waals surface area contributed by atoms with Crippen LogP contribution in [0.15, 0.2) is 48.7 Å². The van der Waals surface area contributed by atoms with E-state index in [1.54, 1.807) is 30.5 Å². The Balaban J connectivity index is 1.58. The predicted octanol–water partition coefficient (Wildman–Crippen LogP) is 1.72. The van der Waals surface area contributed by atoms with Gasteiger partial charge in [0.05, 0.1) is 6.10 Å². The number of pyridine rings is 1. The predicted molar refractivity (Wildman–Crippen MR) is 81.4 cm³/mol. The molecule has 0 radical (unpaired) electrons. The van der Waals surface area contributed by atoms with E-state index in [0.717, 1.165) is 0 Å². The first-order valence-electron chi connectivity index (χ1n) is 6.92. The SMILES string of the molecule is O=C(NC[C@@H](O)c1ccccc1F)Nc1nc2ccccn2n1. The second kappa shape index (κ2) is 6.41. The average Bonchev–Trinajstić information content (AvgIpc) is 2.95. The second-order valence-corrected chi connectivity index (χ2v) is 4.81. The summed E-state index contributed by atoms with van der Waals surface area (Å²) in [5.41, 5.74) is 0.716. The molecule has 0 bridgehead atoms. The van der Waals surface area contributed by atoms with Gasteiger partial charge >= 0.3 is 6.03 Å². The Morgan fingerprint density at radius 3 is 2.83 bits per heavy atom. The molecular weight excluding hydrogens is 301 g/mol. The van der Waals surface area contributed by atoms with Crippen molar-refractivity contribution >= 4 is 17.6 Å². The van der Waals surface area contributed by atoms with Crippen molar-refractivity contribution in [2.75, 3.05) is 11.9 Å². The summed E-state index contributed by atoms with van der Waals surface area (Å²) in [7, 11) is 0. The van der Waals surface area contributed by atoms with Crippen molar-refractivity contribution in [3.8, 4) is 0 Å². The van der Waals surface area contributed by atoms with E-state index < -0.39 is 18.0 Å². The Morgan fingerprint density at radius 2 is 2.04 bits per heavy atom. The standard InChI is InChI=1S/C15H14FN5O2/c16-11-6-2-1-5-10(11)12(22)9-17-15(23)19-14-18-13-7-3-4-8-21(13)20-14/h1-8,12,22H,9H2,(H2,17,19,20,23)/t12-/m1/s1. The highest BCUT2D eigenvalue weighted by atomic mass is 19.1. The summed E-state index contributed by atoms with van der Waals surface area (Å²) in [5, 5.41) is 18.9. The summed E-state index contributed by atoms with van der Waals surface area (Å²) in [4.78, 5) is 15.9. The highest BCUT2D eigenvalue weighted by molar-refractivity contribution is 5.87. The molecule has 7 nitrogen and oxygen atoms in total. The first-order valence-corrected chi connectivity index (χ1v) is 6.92. The van der Waals surface area contributed by atoms with Gasteiger partial charge in [0.25, 0.3) is 5.95 Å². The Labute approximate surface area is 130 Å². The van der Waals surface area contributed by atoms with E-state index in [1.807, 2.05) is 0 Å². The van der Waals surface area contributed by atoms with Gasteiger partial charge < -0.3 is 10.4 Å². The summed E-state index contributed by atoms with van der Waals surface area (Å²) < 4.78 is 15.0. The number of carbonyl (C=O) groups is 1. The van der Waals surface area contributed by atoms with Gasteiger partial charge in [0, 0.05) is 18.3 Å². The van der Waals surface area contributed by atoms with Crippen LogP contribution in [0.25, 0.3) is 5.65 Å². The third kappa shape index (κ3) is 3.43. The van der Waals surface area contributed by atoms with Gasteiger partial charge in [-0.05, 0) is 18.2 Å². The van der Waals surface area contributed by atoms with Crippen molar-refractivity contribution in [1.82, 2.24) is 19.9 Å². The fourth-order valence-electron chi connectivity index (χ4n) is 2.07. The molecule has 3 N–H and O–H groups in total. The number of aliphatic hydroxyl groups is 1. The first-order chi connectivity index (χ1) is 11.1. The molecule has 0 fully saturated rings. The van der Waals surface area contributed by atoms with Crippen LogP contribution in [0.4, 0.5) is 15.1 Å². The maximum absolute atomic E-state index is 13.5. The first kappa shape index (κ1) is 14.9. The summed E-state index contributed by atoms with van der Waals surface area (Å²) in [6, 6.07) is 10.6. The highest BCUT2D eigenvalue weighted by Gasteiger charge is 2.14. The van der Waals surface area contributed by atoms with Crippen LogP contribution in [0.1, 0.15) is 11.7 Å². The number of benzene rings is 1. The van der Waals surface area contributed by atoms with Gasteiger partial charge in [-0.25, -0.2) is 13.7 Å². The lowest BCUT2D eigenvalue weighted by molar-refractivity contribution is 0.170. The molecule has 0 saturated heterocycles. The van der Waals surface area contributed by atoms with Crippen LogP contribution in [-0.2, 0) is 0 Å². The third-order valence-corrected chi connectivity index (χ3v) is 3.19. The molecule has 2 amide bonds. The number of hydrogen-bond acceptors (Lipinski definition) is 4. The molecule has 2 heterocycles. The van der Waals surface area contributed by atoms with Crippen LogP contribution in [0, 0.1) is 5.82 Å². The number of rotatable bonds is 4. The number of fused-ring (bicyclic) bond motifs is 1. The van der Waals surface area contributed by atoms with Gasteiger partial charge in [0.2, 0.25) is 0 Å². The number of aliphatic hydroxyl groups excluding tert-OH is 1. The van der Waals surface area contributed by atoms with Crippen molar-refractivity contribution in [3.05, 3.63) is 60.0 Å². The Morgan fingerprint density at radius 1 is 1.26 bits per heavy atom. The number of nitrogens with one attached hydrogen (secondary N) is 2. The monoisotopic (exact) mass is 315 g/mol. The molecule has 0 aliphatic heterocycles. The minimum absolute atomic E-state index is 0.124. The number of aromatic nitrogens is 3. The van der Waals surface area contributed by atoms with Crippen LogP contribution in [0.2, 0.25) is 0 Å². The molecule has 3 aromatic rings. The zero-order chi connectivity index (χ0) is 16.2. The van der Waals surface area contributed by atoms with Crippen LogP contribution in [0.5, 0.6) is 0 Å². The Kier molecular flexibility index (Phi) is 4.15. The topological polar surface area (TPSA) is 91.5 Å². The molecule has 2 aromatic heterocycles. The molecule has 118 valence electrons. The van der Waals surface area contributed by atoms with E-state index in [-0.39, 0.29) is 18.1 Å². The maximum Gasteiger partial charge on any atom is 0.321 e. The number of nitrogens with zero attached hydrogens (tertiary/aromatic N) is 3. The quantitative estimate of drug-likeness (QED) is 0.683. The summed E-state index contributed by atoms with van der Waals surface area (Å²) in [5.74, 6) is -0.390. The van der Waals surface area contributed by atoms with Crippen molar-refractivity contribution in [2.24, 2.45) is 0 Å². The van der Waals surface area contributed by atoms with E-state index in [2.05, 4.69) is 20.7 Å². The molecular formula is C15H14FN5O2. The molecule has 23 heavy (non-hydrogen) atoms. The number of hydrogen-bond donors (Lipinski definition) is 3. The van der Waals surface area contributed by atoms with E-state index >= 15 is 0 Å². The molecule has 0 aliphatic carbocycles. The molecule has 0 spiro atoms. The van der Waals surface area contributed by atoms with Gasteiger partial charge in [0.1, 0.15) is 5.82 Å². The zero-order valence-electron chi connectivity index (χ0n) is 12.0. The minimum atomic E-state index is -1.14. The van der Waals surface area contributed by atoms with Gasteiger partial charge in [0.15, 0.2) is 5.65 Å². The molecule has 1 aromatic carbocycles. The van der Waals surface area contributed by atoms with Crippen LogP contribution >= 0.6 is 0 Å². The summed E-state index contributed by atoms with van der Waals surface area (Å²) >= 11 is 0. The number of carbonyl (C=O) groups excluding carboxylic acids is 1. The Hall–Kier alpha value is -3.00. The van der Waals surface area contributed by atoms with Crippen LogP contribution in [-0.4, -0.2) is 32.3 Å². The lowest BCUT2D eigenvalue weighted by Gasteiger charge is -2.12. The second-order valence-electron chi connectivity index (χ2n) is 4.81. The van der Waals surface area contributed by atoms with E-state index in [0.29, 0.717) is 5.65 Å².